The highest BCUT2D eigenvalue weighted by atomic mass is 35.5. The molecule has 0 saturated carbocycles. The Morgan fingerprint density at radius 3 is 2.41 bits per heavy atom. The number of nitrogens with zero attached hydrogens (tertiary/aromatic N) is 5. The summed E-state index contributed by atoms with van der Waals surface area (Å²) < 4.78 is 5.43. The second kappa shape index (κ2) is 9.23. The third-order valence-electron chi connectivity index (χ3n) is 4.83. The van der Waals surface area contributed by atoms with Crippen molar-refractivity contribution in [3.63, 3.8) is 0 Å². The lowest BCUT2D eigenvalue weighted by Crippen LogP contribution is -2.38. The molecule has 2 saturated heterocycles. The molecule has 2 fully saturated rings. The zero-order chi connectivity index (χ0) is 20.1. The van der Waals surface area contributed by atoms with Crippen molar-refractivity contribution in [3.05, 3.63) is 35.1 Å². The number of hydrogen-bond donors (Lipinski definition) is 2. The van der Waals surface area contributed by atoms with Crippen LogP contribution in [0, 0.1) is 0 Å². The van der Waals surface area contributed by atoms with Gasteiger partial charge in [-0.2, -0.15) is 15.0 Å². The summed E-state index contributed by atoms with van der Waals surface area (Å²) in [6.07, 6.45) is 2.27. The lowest BCUT2D eigenvalue weighted by Gasteiger charge is -2.28. The van der Waals surface area contributed by atoms with Gasteiger partial charge in [0.1, 0.15) is 0 Å². The summed E-state index contributed by atoms with van der Waals surface area (Å²) in [4.78, 5) is 30.4. The van der Waals surface area contributed by atoms with E-state index in [0.29, 0.717) is 41.6 Å². The largest absolute Gasteiger partial charge is 0.378 e. The molecule has 0 atom stereocenters. The first-order valence-corrected chi connectivity index (χ1v) is 10.2. The van der Waals surface area contributed by atoms with Gasteiger partial charge in [-0.25, -0.2) is 4.79 Å². The molecule has 1 aromatic heterocycles. The standard InChI is InChI=1S/C19H24ClN7O2/c20-14-4-3-5-15(12-14)22-19(28)21-13-16-23-17(26-6-1-2-7-26)25-18(24-16)27-8-10-29-11-9-27/h3-5,12H,1-2,6-11,13H2,(H2,21,22,28). The van der Waals surface area contributed by atoms with Crippen LogP contribution in [0.5, 0.6) is 0 Å². The van der Waals surface area contributed by atoms with E-state index in [2.05, 4.69) is 35.4 Å². The predicted octanol–water partition coefficient (Wildman–Crippen LogP) is 2.28. The van der Waals surface area contributed by atoms with Crippen molar-refractivity contribution in [2.24, 2.45) is 0 Å². The monoisotopic (exact) mass is 417 g/mol. The van der Waals surface area contributed by atoms with E-state index in [9.17, 15) is 4.79 Å². The molecule has 2 N–H and O–H groups in total. The molecule has 0 spiro atoms. The second-order valence-electron chi connectivity index (χ2n) is 6.96. The molecule has 9 nitrogen and oxygen atoms in total. The predicted molar refractivity (Wildman–Crippen MR) is 112 cm³/mol. The summed E-state index contributed by atoms with van der Waals surface area (Å²) in [5.41, 5.74) is 0.623. The lowest BCUT2D eigenvalue weighted by molar-refractivity contribution is 0.122. The van der Waals surface area contributed by atoms with Crippen LogP contribution in [0.1, 0.15) is 18.7 Å². The van der Waals surface area contributed by atoms with Gasteiger partial charge >= 0.3 is 6.03 Å². The molecule has 10 heteroatoms. The van der Waals surface area contributed by atoms with Crippen LogP contribution in [0.4, 0.5) is 22.4 Å². The van der Waals surface area contributed by atoms with Crippen LogP contribution in [0.3, 0.4) is 0 Å². The van der Waals surface area contributed by atoms with Crippen molar-refractivity contribution in [2.75, 3.05) is 54.5 Å². The molecule has 29 heavy (non-hydrogen) atoms. The van der Waals surface area contributed by atoms with Gasteiger partial charge in [0.2, 0.25) is 11.9 Å². The molecule has 154 valence electrons. The molecule has 0 unspecified atom stereocenters. The Bertz CT molecular complexity index is 854. The molecule has 3 heterocycles. The average Bonchev–Trinajstić information content (AvgIpc) is 3.28. The van der Waals surface area contributed by atoms with Crippen molar-refractivity contribution < 1.29 is 9.53 Å². The van der Waals surface area contributed by atoms with Crippen LogP contribution in [0.15, 0.2) is 24.3 Å². The van der Waals surface area contributed by atoms with Gasteiger partial charge in [0, 0.05) is 36.9 Å². The van der Waals surface area contributed by atoms with Crippen LogP contribution < -0.4 is 20.4 Å². The van der Waals surface area contributed by atoms with Crippen molar-refractivity contribution >= 4 is 35.2 Å². The number of benzene rings is 1. The van der Waals surface area contributed by atoms with Gasteiger partial charge in [-0.15, -0.1) is 0 Å². The number of anilines is 3. The highest BCUT2D eigenvalue weighted by Gasteiger charge is 2.21. The molecule has 2 aromatic rings. The highest BCUT2D eigenvalue weighted by Crippen LogP contribution is 2.19. The summed E-state index contributed by atoms with van der Waals surface area (Å²) in [7, 11) is 0. The second-order valence-corrected chi connectivity index (χ2v) is 7.40. The number of nitrogens with one attached hydrogen (secondary N) is 2. The van der Waals surface area contributed by atoms with E-state index in [1.165, 1.54) is 0 Å². The van der Waals surface area contributed by atoms with Crippen LogP contribution >= 0.6 is 11.6 Å². The minimum absolute atomic E-state index is 0.201. The Labute approximate surface area is 174 Å². The topological polar surface area (TPSA) is 95.5 Å². The Hall–Kier alpha value is -2.65. The van der Waals surface area contributed by atoms with E-state index < -0.39 is 0 Å². The molecular weight excluding hydrogens is 394 g/mol. The minimum atomic E-state index is -0.344. The molecule has 0 bridgehead atoms. The third-order valence-corrected chi connectivity index (χ3v) is 5.07. The number of rotatable bonds is 5. The number of carbonyl (C=O) groups is 1. The number of aromatic nitrogens is 3. The highest BCUT2D eigenvalue weighted by molar-refractivity contribution is 6.30. The van der Waals surface area contributed by atoms with Gasteiger partial charge in [0.15, 0.2) is 5.82 Å². The average molecular weight is 418 g/mol. The van der Waals surface area contributed by atoms with Crippen molar-refractivity contribution in [3.8, 4) is 0 Å². The summed E-state index contributed by atoms with van der Waals surface area (Å²) in [5.74, 6) is 1.84. The van der Waals surface area contributed by atoms with E-state index in [1.807, 2.05) is 0 Å². The molecule has 0 aliphatic carbocycles. The molecule has 0 radical (unpaired) electrons. The maximum absolute atomic E-state index is 12.3. The fraction of sp³-hybridized carbons (Fsp3) is 0.474. The number of amides is 2. The normalized spacial score (nSPS) is 16.7. The summed E-state index contributed by atoms with van der Waals surface area (Å²) in [6.45, 7) is 4.87. The Morgan fingerprint density at radius 2 is 1.72 bits per heavy atom. The fourth-order valence-corrected chi connectivity index (χ4v) is 3.53. The Kier molecular flexibility index (Phi) is 6.26. The summed E-state index contributed by atoms with van der Waals surface area (Å²) >= 11 is 5.96. The van der Waals surface area contributed by atoms with E-state index in [0.717, 1.165) is 39.0 Å². The molecular formula is C19H24ClN7O2. The zero-order valence-electron chi connectivity index (χ0n) is 16.1. The maximum atomic E-state index is 12.3. The fourth-order valence-electron chi connectivity index (χ4n) is 3.34. The Morgan fingerprint density at radius 1 is 1.03 bits per heavy atom. The van der Waals surface area contributed by atoms with E-state index in [1.54, 1.807) is 24.3 Å². The smallest absolute Gasteiger partial charge is 0.319 e. The SMILES string of the molecule is O=C(NCc1nc(N2CCCC2)nc(N2CCOCC2)n1)Nc1cccc(Cl)c1. The first kappa shape index (κ1) is 19.7. The van der Waals surface area contributed by atoms with Gasteiger partial charge in [-0.05, 0) is 31.0 Å². The van der Waals surface area contributed by atoms with Crippen LogP contribution in [-0.2, 0) is 11.3 Å². The lowest BCUT2D eigenvalue weighted by atomic mass is 10.3. The van der Waals surface area contributed by atoms with Gasteiger partial charge in [-0.1, -0.05) is 17.7 Å². The maximum Gasteiger partial charge on any atom is 0.319 e. The first-order chi connectivity index (χ1) is 14.2. The summed E-state index contributed by atoms with van der Waals surface area (Å²) in [5, 5.41) is 6.13. The number of morpholine rings is 1. The van der Waals surface area contributed by atoms with Gasteiger partial charge < -0.3 is 25.2 Å². The van der Waals surface area contributed by atoms with Crippen molar-refractivity contribution in [1.29, 1.82) is 0 Å². The van der Waals surface area contributed by atoms with Crippen LogP contribution in [-0.4, -0.2) is 60.4 Å². The number of halogens is 1. The van der Waals surface area contributed by atoms with Gasteiger partial charge in [0.25, 0.3) is 0 Å². The van der Waals surface area contributed by atoms with Gasteiger partial charge in [-0.3, -0.25) is 0 Å². The molecule has 2 amide bonds. The Balaban J connectivity index is 1.46. The quantitative estimate of drug-likeness (QED) is 0.770. The minimum Gasteiger partial charge on any atom is -0.378 e. The number of urea groups is 1. The third kappa shape index (κ3) is 5.24. The molecule has 2 aliphatic heterocycles. The van der Waals surface area contributed by atoms with Crippen molar-refractivity contribution in [2.45, 2.75) is 19.4 Å². The summed E-state index contributed by atoms with van der Waals surface area (Å²) in [6, 6.07) is 6.65. The molecule has 2 aliphatic rings. The zero-order valence-corrected chi connectivity index (χ0v) is 16.9. The number of carbonyl (C=O) groups excluding carboxylic acids is 1. The first-order valence-electron chi connectivity index (χ1n) is 9.80. The molecule has 4 rings (SSSR count). The number of hydrogen-bond acceptors (Lipinski definition) is 7. The van der Waals surface area contributed by atoms with E-state index in [4.69, 9.17) is 16.3 Å². The van der Waals surface area contributed by atoms with Gasteiger partial charge in [0.05, 0.1) is 19.8 Å². The molecule has 1 aromatic carbocycles. The number of ether oxygens (including phenoxy) is 1. The van der Waals surface area contributed by atoms with Crippen LogP contribution in [0.2, 0.25) is 5.02 Å². The van der Waals surface area contributed by atoms with E-state index >= 15 is 0 Å². The van der Waals surface area contributed by atoms with Crippen molar-refractivity contribution in [1.82, 2.24) is 20.3 Å². The van der Waals surface area contributed by atoms with E-state index in [-0.39, 0.29) is 12.6 Å². The van der Waals surface area contributed by atoms with Crippen LogP contribution in [0.25, 0.3) is 0 Å².